The summed E-state index contributed by atoms with van der Waals surface area (Å²) in [6, 6.07) is 9.37. The number of carbonyl (C=O) groups excluding carboxylic acids is 2. The average Bonchev–Trinajstić information content (AvgIpc) is 2.43. The molecule has 1 aromatic rings. The van der Waals surface area contributed by atoms with Crippen molar-refractivity contribution >= 4 is 12.1 Å². The predicted molar refractivity (Wildman–Crippen MR) is 70.5 cm³/mol. The lowest BCUT2D eigenvalue weighted by Gasteiger charge is -2.15. The fourth-order valence-corrected chi connectivity index (χ4v) is 1.34. The second kappa shape index (κ2) is 8.13. The Labute approximate surface area is 113 Å². The van der Waals surface area contributed by atoms with E-state index < -0.39 is 12.1 Å². The highest BCUT2D eigenvalue weighted by Crippen LogP contribution is 2.01. The molecular formula is C14H19NO4. The van der Waals surface area contributed by atoms with Gasteiger partial charge in [-0.1, -0.05) is 37.3 Å². The minimum atomic E-state index is -0.515. The second-order valence-electron chi connectivity index (χ2n) is 4.12. The van der Waals surface area contributed by atoms with Crippen LogP contribution in [0.1, 0.15) is 18.9 Å². The van der Waals surface area contributed by atoms with Gasteiger partial charge in [0.1, 0.15) is 13.2 Å². The highest BCUT2D eigenvalue weighted by molar-refractivity contribution is 5.77. The molecule has 0 radical (unpaired) electrons. The Bertz CT molecular complexity index is 405. The molecule has 0 aliphatic heterocycles. The van der Waals surface area contributed by atoms with E-state index in [0.29, 0.717) is 6.61 Å². The summed E-state index contributed by atoms with van der Waals surface area (Å²) in [5.74, 6) is -0.459. The topological polar surface area (TPSA) is 55.8 Å². The van der Waals surface area contributed by atoms with Crippen LogP contribution in [0.25, 0.3) is 0 Å². The van der Waals surface area contributed by atoms with E-state index in [9.17, 15) is 9.59 Å². The van der Waals surface area contributed by atoms with E-state index in [0.717, 1.165) is 12.0 Å². The summed E-state index contributed by atoms with van der Waals surface area (Å²) < 4.78 is 9.96. The van der Waals surface area contributed by atoms with E-state index in [4.69, 9.17) is 9.47 Å². The molecule has 0 saturated carbocycles. The van der Waals surface area contributed by atoms with Crippen molar-refractivity contribution in [2.24, 2.45) is 0 Å². The van der Waals surface area contributed by atoms with Gasteiger partial charge in [-0.05, 0) is 12.0 Å². The van der Waals surface area contributed by atoms with Crippen molar-refractivity contribution in [3.63, 3.8) is 0 Å². The quantitative estimate of drug-likeness (QED) is 0.740. The lowest BCUT2D eigenvalue weighted by atomic mass is 10.2. The zero-order chi connectivity index (χ0) is 14.1. The van der Waals surface area contributed by atoms with Crippen molar-refractivity contribution in [3.05, 3.63) is 35.9 Å². The Morgan fingerprint density at radius 2 is 1.84 bits per heavy atom. The van der Waals surface area contributed by atoms with Crippen LogP contribution in [0.3, 0.4) is 0 Å². The van der Waals surface area contributed by atoms with E-state index in [-0.39, 0.29) is 13.2 Å². The van der Waals surface area contributed by atoms with Crippen LogP contribution in [0.4, 0.5) is 4.79 Å². The van der Waals surface area contributed by atoms with Gasteiger partial charge in [-0.2, -0.15) is 0 Å². The smallest absolute Gasteiger partial charge is 0.410 e. The van der Waals surface area contributed by atoms with Crippen LogP contribution in [0, 0.1) is 0 Å². The van der Waals surface area contributed by atoms with Gasteiger partial charge in [-0.3, -0.25) is 4.79 Å². The molecule has 0 aromatic heterocycles. The molecule has 0 N–H and O–H groups in total. The van der Waals surface area contributed by atoms with E-state index >= 15 is 0 Å². The summed E-state index contributed by atoms with van der Waals surface area (Å²) in [5, 5.41) is 0. The number of benzene rings is 1. The Hall–Kier alpha value is -2.04. The van der Waals surface area contributed by atoms with Crippen LogP contribution in [-0.2, 0) is 20.9 Å². The highest BCUT2D eigenvalue weighted by Gasteiger charge is 2.14. The molecule has 0 bridgehead atoms. The van der Waals surface area contributed by atoms with Crippen molar-refractivity contribution in [3.8, 4) is 0 Å². The first-order chi connectivity index (χ1) is 9.13. The lowest BCUT2D eigenvalue weighted by Crippen LogP contribution is -2.33. The summed E-state index contributed by atoms with van der Waals surface area (Å²) in [6.45, 7) is 2.34. The third kappa shape index (κ3) is 5.90. The van der Waals surface area contributed by atoms with Gasteiger partial charge < -0.3 is 14.4 Å². The maximum absolute atomic E-state index is 11.5. The molecule has 0 spiro atoms. The van der Waals surface area contributed by atoms with Gasteiger partial charge in [-0.25, -0.2) is 4.79 Å². The summed E-state index contributed by atoms with van der Waals surface area (Å²) in [7, 11) is 1.50. The summed E-state index contributed by atoms with van der Waals surface area (Å²) >= 11 is 0. The van der Waals surface area contributed by atoms with Gasteiger partial charge in [0.25, 0.3) is 0 Å². The van der Waals surface area contributed by atoms with Gasteiger partial charge in [0, 0.05) is 7.05 Å². The molecule has 1 aromatic carbocycles. The highest BCUT2D eigenvalue weighted by atomic mass is 16.6. The van der Waals surface area contributed by atoms with Crippen molar-refractivity contribution in [2.75, 3.05) is 20.2 Å². The normalized spacial score (nSPS) is 9.79. The number of nitrogens with zero attached hydrogens (tertiary/aromatic N) is 1. The number of carbonyl (C=O) groups is 2. The monoisotopic (exact) mass is 265 g/mol. The van der Waals surface area contributed by atoms with Gasteiger partial charge in [0.2, 0.25) is 0 Å². The van der Waals surface area contributed by atoms with E-state index in [1.54, 1.807) is 0 Å². The number of hydrogen-bond donors (Lipinski definition) is 0. The maximum Gasteiger partial charge on any atom is 0.410 e. The first-order valence-electron chi connectivity index (χ1n) is 6.21. The molecule has 0 fully saturated rings. The van der Waals surface area contributed by atoms with Gasteiger partial charge in [0.05, 0.1) is 6.61 Å². The number of rotatable bonds is 6. The second-order valence-corrected chi connectivity index (χ2v) is 4.12. The fourth-order valence-electron chi connectivity index (χ4n) is 1.34. The number of amides is 1. The fraction of sp³-hybridized carbons (Fsp3) is 0.429. The van der Waals surface area contributed by atoms with Crippen molar-refractivity contribution in [1.82, 2.24) is 4.90 Å². The lowest BCUT2D eigenvalue weighted by molar-refractivity contribution is -0.145. The largest absolute Gasteiger partial charge is 0.459 e. The van der Waals surface area contributed by atoms with Crippen molar-refractivity contribution in [1.29, 1.82) is 0 Å². The van der Waals surface area contributed by atoms with E-state index in [1.807, 2.05) is 37.3 Å². The number of esters is 1. The molecule has 0 saturated heterocycles. The van der Waals surface area contributed by atoms with Crippen LogP contribution in [0.5, 0.6) is 0 Å². The molecule has 0 heterocycles. The standard InChI is InChI=1S/C14H19NO4/c1-3-9-18-14(17)15(2)10-13(16)19-11-12-7-5-4-6-8-12/h4-8H,3,9-11H2,1-2H3. The Kier molecular flexibility index (Phi) is 6.43. The Morgan fingerprint density at radius 3 is 2.47 bits per heavy atom. The minimum Gasteiger partial charge on any atom is -0.459 e. The summed E-state index contributed by atoms with van der Waals surface area (Å²) in [6.07, 6.45) is 0.233. The van der Waals surface area contributed by atoms with Crippen LogP contribution < -0.4 is 0 Å². The molecule has 0 unspecified atom stereocenters. The Balaban J connectivity index is 2.29. The average molecular weight is 265 g/mol. The molecule has 0 atom stereocenters. The molecule has 0 aliphatic carbocycles. The third-order valence-corrected chi connectivity index (χ3v) is 2.35. The number of likely N-dealkylation sites (N-methyl/N-ethyl adjacent to an activating group) is 1. The van der Waals surface area contributed by atoms with Crippen LogP contribution in [0.2, 0.25) is 0 Å². The molecule has 19 heavy (non-hydrogen) atoms. The van der Waals surface area contributed by atoms with Gasteiger partial charge in [-0.15, -0.1) is 0 Å². The SMILES string of the molecule is CCCOC(=O)N(C)CC(=O)OCc1ccccc1. The van der Waals surface area contributed by atoms with Crippen LogP contribution >= 0.6 is 0 Å². The molecule has 5 heteroatoms. The zero-order valence-corrected chi connectivity index (χ0v) is 11.3. The first kappa shape index (κ1) is 15.0. The maximum atomic E-state index is 11.5. The van der Waals surface area contributed by atoms with E-state index in [2.05, 4.69) is 0 Å². The first-order valence-corrected chi connectivity index (χ1v) is 6.21. The van der Waals surface area contributed by atoms with Crippen molar-refractivity contribution in [2.45, 2.75) is 20.0 Å². The zero-order valence-electron chi connectivity index (χ0n) is 11.3. The van der Waals surface area contributed by atoms with Gasteiger partial charge in [0.15, 0.2) is 0 Å². The molecule has 1 rings (SSSR count). The summed E-state index contributed by atoms with van der Waals surface area (Å²) in [5.41, 5.74) is 0.909. The molecule has 0 aliphatic rings. The molecule has 1 amide bonds. The molecule has 104 valence electrons. The molecule has 5 nitrogen and oxygen atoms in total. The minimum absolute atomic E-state index is 0.116. The molecular weight excluding hydrogens is 246 g/mol. The van der Waals surface area contributed by atoms with Gasteiger partial charge >= 0.3 is 12.1 Å². The van der Waals surface area contributed by atoms with Crippen molar-refractivity contribution < 1.29 is 19.1 Å². The Morgan fingerprint density at radius 1 is 1.16 bits per heavy atom. The van der Waals surface area contributed by atoms with Crippen LogP contribution in [0.15, 0.2) is 30.3 Å². The summed E-state index contributed by atoms with van der Waals surface area (Å²) in [4.78, 5) is 24.1. The number of hydrogen-bond acceptors (Lipinski definition) is 4. The third-order valence-electron chi connectivity index (χ3n) is 2.35. The van der Waals surface area contributed by atoms with E-state index in [1.165, 1.54) is 11.9 Å². The predicted octanol–water partition coefficient (Wildman–Crippen LogP) is 2.21. The van der Waals surface area contributed by atoms with Crippen LogP contribution in [-0.4, -0.2) is 37.2 Å². The number of ether oxygens (including phenoxy) is 2.